The molecule has 1 aromatic rings. The average molecular weight is 287 g/mol. The molecule has 0 aliphatic rings. The topological polar surface area (TPSA) is 89.4 Å². The second kappa shape index (κ2) is 5.87. The van der Waals surface area contributed by atoms with Crippen molar-refractivity contribution in [2.24, 2.45) is 5.73 Å². The number of nitro benzene ring substituents is 1. The fraction of sp³-hybridized carbons (Fsp3) is 0.333. The van der Waals surface area contributed by atoms with Crippen LogP contribution in [0.3, 0.4) is 0 Å². The number of hydrogen-bond acceptors (Lipinski definition) is 4. The fourth-order valence-corrected chi connectivity index (χ4v) is 1.36. The summed E-state index contributed by atoms with van der Waals surface area (Å²) in [5, 5.41) is 19.7. The van der Waals surface area contributed by atoms with E-state index in [1.54, 1.807) is 0 Å². The quantitative estimate of drug-likeness (QED) is 0.660. The largest absolute Gasteiger partial charge is 0.508 e. The fourth-order valence-electron chi connectivity index (χ4n) is 1.36. The Hall–Kier alpha value is -1.54. The van der Waals surface area contributed by atoms with Gasteiger partial charge in [0.25, 0.3) is 5.69 Å². The van der Waals surface area contributed by atoms with Crippen molar-refractivity contribution in [2.75, 3.05) is 0 Å². The van der Waals surface area contributed by atoms with E-state index in [9.17, 15) is 23.3 Å². The van der Waals surface area contributed by atoms with Crippen LogP contribution in [0.5, 0.6) is 5.75 Å². The van der Waals surface area contributed by atoms with Gasteiger partial charge in [0, 0.05) is 12.1 Å². The number of hydrogen-bond donors (Lipinski definition) is 2. The zero-order chi connectivity index (χ0) is 13.2. The molecule has 9 heteroatoms. The highest BCUT2D eigenvalue weighted by molar-refractivity contribution is 5.85. The number of phenolic OH excluding ortho intramolecular Hbond substituents is 1. The number of nitrogens with two attached hydrogens (primary N) is 1. The molecule has 0 heterocycles. The van der Waals surface area contributed by atoms with Gasteiger partial charge in [-0.1, -0.05) is 0 Å². The highest BCUT2D eigenvalue weighted by Gasteiger charge is 2.33. The van der Waals surface area contributed by atoms with Gasteiger partial charge in [0.15, 0.2) is 0 Å². The van der Waals surface area contributed by atoms with Crippen LogP contribution in [0.2, 0.25) is 0 Å². The van der Waals surface area contributed by atoms with Crippen LogP contribution in [-0.4, -0.2) is 16.2 Å². The smallest absolute Gasteiger partial charge is 0.390 e. The van der Waals surface area contributed by atoms with Crippen LogP contribution in [0.1, 0.15) is 18.0 Å². The Bertz CT molecular complexity index is 440. The Kier molecular flexibility index (Phi) is 5.37. The molecule has 0 unspecified atom stereocenters. The standard InChI is InChI=1S/C9H9F3N2O3.ClH/c10-9(11,12)4-7(13)6-3-5(15)1-2-8(6)14(16)17;/h1-3,7,15H,4,13H2;1H/t7-;/m0./s1. The van der Waals surface area contributed by atoms with Crippen molar-refractivity contribution in [2.45, 2.75) is 18.6 Å². The molecule has 1 atom stereocenters. The normalized spacial score (nSPS) is 12.7. The zero-order valence-corrected chi connectivity index (χ0v) is 9.66. The molecule has 0 spiro atoms. The lowest BCUT2D eigenvalue weighted by atomic mass is 10.0. The molecule has 5 nitrogen and oxygen atoms in total. The molecule has 18 heavy (non-hydrogen) atoms. The summed E-state index contributed by atoms with van der Waals surface area (Å²) in [6, 6.07) is 1.22. The number of aromatic hydroxyl groups is 1. The Morgan fingerprint density at radius 3 is 2.44 bits per heavy atom. The third-order valence-corrected chi connectivity index (χ3v) is 2.06. The van der Waals surface area contributed by atoms with E-state index >= 15 is 0 Å². The lowest BCUT2D eigenvalue weighted by molar-refractivity contribution is -0.385. The summed E-state index contributed by atoms with van der Waals surface area (Å²) in [7, 11) is 0. The molecule has 1 aromatic carbocycles. The minimum absolute atomic E-state index is 0. The van der Waals surface area contributed by atoms with E-state index in [0.29, 0.717) is 0 Å². The minimum Gasteiger partial charge on any atom is -0.508 e. The van der Waals surface area contributed by atoms with Crippen molar-refractivity contribution in [1.29, 1.82) is 0 Å². The van der Waals surface area contributed by atoms with Crippen LogP contribution in [-0.2, 0) is 0 Å². The molecule has 0 amide bonds. The maximum Gasteiger partial charge on any atom is 0.390 e. The summed E-state index contributed by atoms with van der Waals surface area (Å²) in [6.07, 6.45) is -5.92. The first kappa shape index (κ1) is 16.5. The number of nitrogens with zero attached hydrogens (tertiary/aromatic N) is 1. The van der Waals surface area contributed by atoms with Crippen molar-refractivity contribution >= 4 is 18.1 Å². The molecule has 0 aliphatic carbocycles. The maximum absolute atomic E-state index is 12.1. The van der Waals surface area contributed by atoms with Gasteiger partial charge in [-0.3, -0.25) is 10.1 Å². The summed E-state index contributed by atoms with van der Waals surface area (Å²) >= 11 is 0. The predicted octanol–water partition coefficient (Wildman–Crippen LogP) is 2.67. The van der Waals surface area contributed by atoms with Crippen LogP contribution in [0.4, 0.5) is 18.9 Å². The number of phenols is 1. The van der Waals surface area contributed by atoms with Gasteiger partial charge in [0.2, 0.25) is 0 Å². The molecule has 0 aliphatic heterocycles. The Labute approximate surface area is 106 Å². The highest BCUT2D eigenvalue weighted by Crippen LogP contribution is 2.34. The van der Waals surface area contributed by atoms with Gasteiger partial charge in [0.05, 0.1) is 16.9 Å². The van der Waals surface area contributed by atoms with Gasteiger partial charge in [-0.25, -0.2) is 0 Å². The Morgan fingerprint density at radius 2 is 2.00 bits per heavy atom. The van der Waals surface area contributed by atoms with E-state index < -0.39 is 29.2 Å². The number of benzene rings is 1. The summed E-state index contributed by atoms with van der Waals surface area (Å²) in [5.74, 6) is -0.372. The molecular weight excluding hydrogens is 277 g/mol. The van der Waals surface area contributed by atoms with E-state index in [4.69, 9.17) is 10.8 Å². The first-order valence-electron chi connectivity index (χ1n) is 4.50. The number of rotatable bonds is 3. The molecule has 0 radical (unpaired) electrons. The molecule has 0 saturated carbocycles. The highest BCUT2D eigenvalue weighted by atomic mass is 35.5. The first-order valence-corrected chi connectivity index (χ1v) is 4.50. The van der Waals surface area contributed by atoms with Crippen molar-refractivity contribution in [3.05, 3.63) is 33.9 Å². The van der Waals surface area contributed by atoms with E-state index in [2.05, 4.69) is 0 Å². The molecule has 0 aromatic heterocycles. The maximum atomic E-state index is 12.1. The van der Waals surface area contributed by atoms with Gasteiger partial charge < -0.3 is 10.8 Å². The third kappa shape index (κ3) is 4.38. The summed E-state index contributed by atoms with van der Waals surface area (Å²) in [6.45, 7) is 0. The van der Waals surface area contributed by atoms with Crippen LogP contribution < -0.4 is 5.73 Å². The molecule has 3 N–H and O–H groups in total. The predicted molar refractivity (Wildman–Crippen MR) is 59.6 cm³/mol. The average Bonchev–Trinajstić information content (AvgIpc) is 2.14. The number of halogens is 4. The molecule has 0 saturated heterocycles. The number of nitro groups is 1. The number of alkyl halides is 3. The van der Waals surface area contributed by atoms with E-state index in [-0.39, 0.29) is 23.7 Å². The lowest BCUT2D eigenvalue weighted by Gasteiger charge is -2.14. The van der Waals surface area contributed by atoms with Crippen LogP contribution in [0, 0.1) is 10.1 Å². The molecule has 1 rings (SSSR count). The minimum atomic E-state index is -4.53. The lowest BCUT2D eigenvalue weighted by Crippen LogP contribution is -2.21. The third-order valence-electron chi connectivity index (χ3n) is 2.06. The van der Waals surface area contributed by atoms with Crippen LogP contribution >= 0.6 is 12.4 Å². The Balaban J connectivity index is 0.00000289. The summed E-state index contributed by atoms with van der Waals surface area (Å²) < 4.78 is 36.3. The second-order valence-electron chi connectivity index (χ2n) is 3.43. The van der Waals surface area contributed by atoms with Gasteiger partial charge in [-0.15, -0.1) is 12.4 Å². The second-order valence-corrected chi connectivity index (χ2v) is 3.43. The van der Waals surface area contributed by atoms with Crippen molar-refractivity contribution in [1.82, 2.24) is 0 Å². The van der Waals surface area contributed by atoms with Gasteiger partial charge in [-0.2, -0.15) is 13.2 Å². The molecule has 0 fully saturated rings. The van der Waals surface area contributed by atoms with Crippen LogP contribution in [0.15, 0.2) is 18.2 Å². The van der Waals surface area contributed by atoms with Crippen LogP contribution in [0.25, 0.3) is 0 Å². The van der Waals surface area contributed by atoms with Crippen molar-refractivity contribution in [3.8, 4) is 5.75 Å². The zero-order valence-electron chi connectivity index (χ0n) is 8.85. The molecule has 0 bridgehead atoms. The van der Waals surface area contributed by atoms with E-state index in [1.807, 2.05) is 0 Å². The SMILES string of the molecule is Cl.N[C@@H](CC(F)(F)F)c1cc(O)ccc1[N+](=O)[O-]. The summed E-state index contributed by atoms with van der Waals surface area (Å²) in [4.78, 5) is 9.75. The van der Waals surface area contributed by atoms with E-state index in [1.165, 1.54) is 0 Å². The van der Waals surface area contributed by atoms with Crippen molar-refractivity contribution in [3.63, 3.8) is 0 Å². The van der Waals surface area contributed by atoms with Gasteiger partial charge in [-0.05, 0) is 12.1 Å². The molecular formula is C9H10ClF3N2O3. The first-order chi connectivity index (χ1) is 7.70. The summed E-state index contributed by atoms with van der Waals surface area (Å²) in [5.41, 5.74) is 4.37. The van der Waals surface area contributed by atoms with Gasteiger partial charge >= 0.3 is 6.18 Å². The Morgan fingerprint density at radius 1 is 1.44 bits per heavy atom. The van der Waals surface area contributed by atoms with Gasteiger partial charge in [0.1, 0.15) is 5.75 Å². The van der Waals surface area contributed by atoms with E-state index in [0.717, 1.165) is 18.2 Å². The van der Waals surface area contributed by atoms with Crippen molar-refractivity contribution < 1.29 is 23.2 Å². The monoisotopic (exact) mass is 286 g/mol. The molecule has 102 valence electrons.